The van der Waals surface area contributed by atoms with E-state index in [1.807, 2.05) is 12.1 Å². The summed E-state index contributed by atoms with van der Waals surface area (Å²) in [5.41, 5.74) is 0.945. The highest BCUT2D eigenvalue weighted by atomic mass is 35.5. The number of nitrogens with one attached hydrogen (secondary N) is 1. The van der Waals surface area contributed by atoms with Crippen LogP contribution < -0.4 is 9.46 Å². The smallest absolute Gasteiger partial charge is 0.243 e. The molecule has 0 radical (unpaired) electrons. The zero-order chi connectivity index (χ0) is 16.2. The largest absolute Gasteiger partial charge is 0.497 e. The molecule has 0 heterocycles. The van der Waals surface area contributed by atoms with Crippen LogP contribution in [-0.2, 0) is 16.4 Å². The van der Waals surface area contributed by atoms with Crippen molar-refractivity contribution >= 4 is 21.6 Å². The van der Waals surface area contributed by atoms with Gasteiger partial charge in [0.15, 0.2) is 0 Å². The lowest BCUT2D eigenvalue weighted by atomic mass is 10.1. The number of rotatable bonds is 6. The lowest BCUT2D eigenvalue weighted by Crippen LogP contribution is -2.26. The van der Waals surface area contributed by atoms with Crippen molar-refractivity contribution < 1.29 is 17.5 Å². The monoisotopic (exact) mass is 343 g/mol. The van der Waals surface area contributed by atoms with Gasteiger partial charge in [0.2, 0.25) is 10.0 Å². The normalized spacial score (nSPS) is 11.4. The molecule has 0 saturated carbocycles. The van der Waals surface area contributed by atoms with E-state index in [1.54, 1.807) is 19.2 Å². The predicted molar refractivity (Wildman–Crippen MR) is 83.3 cm³/mol. The summed E-state index contributed by atoms with van der Waals surface area (Å²) in [5.74, 6) is -0.142. The fraction of sp³-hybridized carbons (Fsp3) is 0.200. The van der Waals surface area contributed by atoms with Gasteiger partial charge in [0.05, 0.1) is 7.11 Å². The number of benzene rings is 2. The van der Waals surface area contributed by atoms with Gasteiger partial charge in [-0.2, -0.15) is 0 Å². The van der Waals surface area contributed by atoms with Gasteiger partial charge in [-0.3, -0.25) is 0 Å². The molecule has 2 aromatic carbocycles. The maximum Gasteiger partial charge on any atom is 0.243 e. The molecule has 0 aliphatic rings. The fourth-order valence-corrected chi connectivity index (χ4v) is 3.14. The Hall–Kier alpha value is -1.63. The number of halogens is 2. The van der Waals surface area contributed by atoms with Crippen molar-refractivity contribution in [1.82, 2.24) is 4.72 Å². The molecule has 22 heavy (non-hydrogen) atoms. The minimum Gasteiger partial charge on any atom is -0.497 e. The molecule has 7 heteroatoms. The zero-order valence-corrected chi connectivity index (χ0v) is 13.4. The van der Waals surface area contributed by atoms with Gasteiger partial charge in [0.1, 0.15) is 16.5 Å². The third-order valence-corrected chi connectivity index (χ3v) is 4.78. The van der Waals surface area contributed by atoms with Gasteiger partial charge >= 0.3 is 0 Å². The van der Waals surface area contributed by atoms with Gasteiger partial charge in [-0.1, -0.05) is 23.7 Å². The lowest BCUT2D eigenvalue weighted by molar-refractivity contribution is 0.414. The number of ether oxygens (including phenoxy) is 1. The second kappa shape index (κ2) is 7.09. The quantitative estimate of drug-likeness (QED) is 0.877. The van der Waals surface area contributed by atoms with Gasteiger partial charge in [-0.15, -0.1) is 0 Å². The molecule has 0 aromatic heterocycles. The van der Waals surface area contributed by atoms with Gasteiger partial charge in [0.25, 0.3) is 0 Å². The highest BCUT2D eigenvalue weighted by Crippen LogP contribution is 2.19. The van der Waals surface area contributed by atoms with Crippen molar-refractivity contribution in [3.05, 3.63) is 58.9 Å². The number of methoxy groups -OCH3 is 1. The molecule has 0 bridgehead atoms. The van der Waals surface area contributed by atoms with Crippen LogP contribution in [0.4, 0.5) is 4.39 Å². The lowest BCUT2D eigenvalue weighted by Gasteiger charge is -2.08. The molecular formula is C15H15ClFNO3S. The second-order valence-corrected chi connectivity index (χ2v) is 6.74. The molecule has 0 atom stereocenters. The summed E-state index contributed by atoms with van der Waals surface area (Å²) in [6.45, 7) is 0.163. The van der Waals surface area contributed by atoms with Crippen LogP contribution in [0.5, 0.6) is 5.75 Å². The molecule has 0 spiro atoms. The maximum atomic E-state index is 13.7. The average Bonchev–Trinajstić information content (AvgIpc) is 2.47. The van der Waals surface area contributed by atoms with E-state index in [1.165, 1.54) is 6.07 Å². The maximum absolute atomic E-state index is 13.7. The van der Waals surface area contributed by atoms with Crippen LogP contribution in [0, 0.1) is 5.82 Å². The Kier molecular flexibility index (Phi) is 5.39. The Bertz CT molecular complexity index is 748. The molecule has 0 aliphatic carbocycles. The van der Waals surface area contributed by atoms with E-state index in [9.17, 15) is 12.8 Å². The molecule has 0 amide bonds. The molecule has 0 fully saturated rings. The standard InChI is InChI=1S/C15H15ClFNO3S/c1-21-13-5-2-11(3-6-13)8-9-18-22(19,20)15-7-4-12(16)10-14(15)17/h2-7,10,18H,8-9H2,1H3. The number of sulfonamides is 1. The zero-order valence-electron chi connectivity index (χ0n) is 11.8. The van der Waals surface area contributed by atoms with Gasteiger partial charge in [-0.25, -0.2) is 17.5 Å². The first-order valence-corrected chi connectivity index (χ1v) is 8.36. The first kappa shape index (κ1) is 16.7. The summed E-state index contributed by atoms with van der Waals surface area (Å²) in [6, 6.07) is 10.7. The molecule has 118 valence electrons. The Morgan fingerprint density at radius 1 is 1.18 bits per heavy atom. The Morgan fingerprint density at radius 2 is 1.86 bits per heavy atom. The molecule has 0 unspecified atom stereocenters. The molecule has 2 aromatic rings. The first-order valence-electron chi connectivity index (χ1n) is 6.50. The van der Waals surface area contributed by atoms with E-state index in [4.69, 9.17) is 16.3 Å². The Morgan fingerprint density at radius 3 is 2.45 bits per heavy atom. The van der Waals surface area contributed by atoms with Crippen LogP contribution in [0.1, 0.15) is 5.56 Å². The molecule has 1 N–H and O–H groups in total. The molecular weight excluding hydrogens is 329 g/mol. The second-order valence-electron chi connectivity index (χ2n) is 4.57. The third-order valence-electron chi connectivity index (χ3n) is 3.05. The van der Waals surface area contributed by atoms with E-state index in [2.05, 4.69) is 4.72 Å². The minimum atomic E-state index is -3.90. The molecule has 0 aliphatic heterocycles. The first-order chi connectivity index (χ1) is 10.4. The van der Waals surface area contributed by atoms with Gasteiger partial charge < -0.3 is 4.74 Å². The SMILES string of the molecule is COc1ccc(CCNS(=O)(=O)c2ccc(Cl)cc2F)cc1. The van der Waals surface area contributed by atoms with Crippen molar-refractivity contribution in [2.24, 2.45) is 0 Å². The van der Waals surface area contributed by atoms with Crippen LogP contribution in [-0.4, -0.2) is 22.1 Å². The van der Waals surface area contributed by atoms with Crippen LogP contribution >= 0.6 is 11.6 Å². The minimum absolute atomic E-state index is 0.148. The highest BCUT2D eigenvalue weighted by Gasteiger charge is 2.18. The summed E-state index contributed by atoms with van der Waals surface area (Å²) in [5, 5.41) is 0.148. The van der Waals surface area contributed by atoms with E-state index in [0.29, 0.717) is 6.42 Å². The number of hydrogen-bond donors (Lipinski definition) is 1. The molecule has 0 saturated heterocycles. The van der Waals surface area contributed by atoms with Crippen LogP contribution in [0.3, 0.4) is 0 Å². The van der Waals surface area contributed by atoms with Crippen molar-refractivity contribution in [3.63, 3.8) is 0 Å². The topological polar surface area (TPSA) is 55.4 Å². The van der Waals surface area contributed by atoms with E-state index in [-0.39, 0.29) is 11.6 Å². The fourth-order valence-electron chi connectivity index (χ4n) is 1.89. The summed E-state index contributed by atoms with van der Waals surface area (Å²) in [7, 11) is -2.33. The van der Waals surface area contributed by atoms with Crippen LogP contribution in [0.15, 0.2) is 47.4 Å². The number of hydrogen-bond acceptors (Lipinski definition) is 3. The van der Waals surface area contributed by atoms with Crippen molar-refractivity contribution in [2.75, 3.05) is 13.7 Å². The summed E-state index contributed by atoms with van der Waals surface area (Å²) in [4.78, 5) is -0.411. The van der Waals surface area contributed by atoms with Gasteiger partial charge in [0, 0.05) is 11.6 Å². The Balaban J connectivity index is 2.00. The van der Waals surface area contributed by atoms with Crippen molar-refractivity contribution in [2.45, 2.75) is 11.3 Å². The predicted octanol–water partition coefficient (Wildman–Crippen LogP) is 3.01. The van der Waals surface area contributed by atoms with Crippen molar-refractivity contribution in [3.8, 4) is 5.75 Å². The van der Waals surface area contributed by atoms with Gasteiger partial charge in [-0.05, 0) is 42.3 Å². The van der Waals surface area contributed by atoms with E-state index >= 15 is 0 Å². The third kappa shape index (κ3) is 4.19. The average molecular weight is 344 g/mol. The summed E-state index contributed by atoms with van der Waals surface area (Å²) < 4.78 is 45.2. The molecule has 2 rings (SSSR count). The Labute approximate surface area is 133 Å². The highest BCUT2D eigenvalue weighted by molar-refractivity contribution is 7.89. The summed E-state index contributed by atoms with van der Waals surface area (Å²) in [6.07, 6.45) is 0.485. The van der Waals surface area contributed by atoms with Crippen molar-refractivity contribution in [1.29, 1.82) is 0 Å². The van der Waals surface area contributed by atoms with E-state index < -0.39 is 20.7 Å². The molecule has 4 nitrogen and oxygen atoms in total. The van der Waals surface area contributed by atoms with E-state index in [0.717, 1.165) is 23.4 Å². The van der Waals surface area contributed by atoms with Crippen LogP contribution in [0.2, 0.25) is 5.02 Å². The summed E-state index contributed by atoms with van der Waals surface area (Å²) >= 11 is 5.61. The van der Waals surface area contributed by atoms with Crippen LogP contribution in [0.25, 0.3) is 0 Å².